The summed E-state index contributed by atoms with van der Waals surface area (Å²) in [6.45, 7) is 6.08. The highest BCUT2D eigenvalue weighted by Crippen LogP contribution is 2.14. The van der Waals surface area contributed by atoms with Crippen LogP contribution in [-0.2, 0) is 16.1 Å². The number of aliphatic carboxylic acids is 1. The molecule has 0 heterocycles. The lowest BCUT2D eigenvalue weighted by molar-refractivity contribution is -0.140. The monoisotopic (exact) mass is 370 g/mol. The highest BCUT2D eigenvalue weighted by atomic mass is 16.5. The number of nitrogens with one attached hydrogen (secondary N) is 2. The van der Waals surface area contributed by atoms with Crippen molar-refractivity contribution >= 4 is 17.6 Å². The van der Waals surface area contributed by atoms with E-state index in [2.05, 4.69) is 10.6 Å². The molecule has 1 amide bonds. The topological polar surface area (TPSA) is 87.7 Å². The van der Waals surface area contributed by atoms with Gasteiger partial charge in [0.05, 0.1) is 0 Å². The smallest absolute Gasteiger partial charge is 0.320 e. The molecule has 3 N–H and O–H groups in total. The maximum Gasteiger partial charge on any atom is 0.320 e. The highest BCUT2D eigenvalue weighted by molar-refractivity contribution is 5.91. The van der Waals surface area contributed by atoms with E-state index in [1.54, 1.807) is 12.1 Å². The van der Waals surface area contributed by atoms with Crippen LogP contribution in [0.5, 0.6) is 5.75 Å². The van der Waals surface area contributed by atoms with E-state index in [0.717, 1.165) is 16.8 Å². The Hall–Kier alpha value is -2.86. The van der Waals surface area contributed by atoms with Gasteiger partial charge in [0.15, 0.2) is 6.61 Å². The van der Waals surface area contributed by atoms with E-state index in [1.165, 1.54) is 0 Å². The van der Waals surface area contributed by atoms with Crippen molar-refractivity contribution in [2.24, 2.45) is 5.92 Å². The fourth-order valence-corrected chi connectivity index (χ4v) is 2.52. The Morgan fingerprint density at radius 3 is 2.22 bits per heavy atom. The maximum atomic E-state index is 11.9. The van der Waals surface area contributed by atoms with Crippen LogP contribution < -0.4 is 15.4 Å². The second-order valence-corrected chi connectivity index (χ2v) is 6.79. The Balaban J connectivity index is 1.80. The first-order valence-electron chi connectivity index (χ1n) is 8.89. The van der Waals surface area contributed by atoms with E-state index in [9.17, 15) is 14.7 Å². The molecule has 0 bridgehead atoms. The Kier molecular flexibility index (Phi) is 7.37. The zero-order chi connectivity index (χ0) is 19.8. The number of benzene rings is 2. The van der Waals surface area contributed by atoms with Gasteiger partial charge >= 0.3 is 5.97 Å². The molecule has 0 fully saturated rings. The molecule has 0 saturated heterocycles. The lowest BCUT2D eigenvalue weighted by Crippen LogP contribution is -2.40. The second kappa shape index (κ2) is 9.73. The number of hydrogen-bond acceptors (Lipinski definition) is 4. The van der Waals surface area contributed by atoms with Crippen molar-refractivity contribution < 1.29 is 19.4 Å². The number of carboxylic acid groups (broad SMARTS) is 1. The molecule has 0 saturated carbocycles. The minimum atomic E-state index is -0.857. The molecule has 0 spiro atoms. The molecule has 0 aliphatic heterocycles. The van der Waals surface area contributed by atoms with Crippen LogP contribution in [0.1, 0.15) is 25.0 Å². The summed E-state index contributed by atoms with van der Waals surface area (Å²) >= 11 is 0. The third kappa shape index (κ3) is 6.75. The van der Waals surface area contributed by atoms with Gasteiger partial charge in [0, 0.05) is 12.2 Å². The number of carbonyl (C=O) groups is 2. The van der Waals surface area contributed by atoms with Gasteiger partial charge in [-0.15, -0.1) is 0 Å². The SMILES string of the molecule is Cc1ccc(NC(=O)COc2ccc(CNC(C(=O)O)C(C)C)cc2)cc1. The second-order valence-electron chi connectivity index (χ2n) is 6.79. The molecule has 0 radical (unpaired) electrons. The van der Waals surface area contributed by atoms with Gasteiger partial charge in [-0.25, -0.2) is 0 Å². The van der Waals surface area contributed by atoms with Gasteiger partial charge in [0.1, 0.15) is 11.8 Å². The number of ether oxygens (including phenoxy) is 1. The molecule has 0 aliphatic rings. The standard InChI is InChI=1S/C21H26N2O4/c1-14(2)20(21(25)26)22-12-16-6-10-18(11-7-16)27-13-19(24)23-17-8-4-15(3)5-9-17/h4-11,14,20,22H,12-13H2,1-3H3,(H,23,24)(H,25,26). The van der Waals surface area contributed by atoms with Crippen LogP contribution in [0.4, 0.5) is 5.69 Å². The lowest BCUT2D eigenvalue weighted by Gasteiger charge is -2.18. The summed E-state index contributed by atoms with van der Waals surface area (Å²) in [7, 11) is 0. The fourth-order valence-electron chi connectivity index (χ4n) is 2.52. The van der Waals surface area contributed by atoms with E-state index in [0.29, 0.717) is 12.3 Å². The third-order valence-electron chi connectivity index (χ3n) is 4.09. The van der Waals surface area contributed by atoms with E-state index in [1.807, 2.05) is 57.2 Å². The molecule has 144 valence electrons. The van der Waals surface area contributed by atoms with Gasteiger partial charge in [0.2, 0.25) is 0 Å². The van der Waals surface area contributed by atoms with Crippen molar-refractivity contribution in [2.75, 3.05) is 11.9 Å². The molecule has 0 aliphatic carbocycles. The minimum absolute atomic E-state index is 0.00264. The summed E-state index contributed by atoms with van der Waals surface area (Å²) in [5.41, 5.74) is 2.80. The third-order valence-corrected chi connectivity index (χ3v) is 4.09. The van der Waals surface area contributed by atoms with Crippen molar-refractivity contribution in [3.63, 3.8) is 0 Å². The quantitative estimate of drug-likeness (QED) is 0.631. The summed E-state index contributed by atoms with van der Waals surface area (Å²) in [6.07, 6.45) is 0. The molecule has 2 aromatic carbocycles. The fraction of sp³-hybridized carbons (Fsp3) is 0.333. The molecule has 27 heavy (non-hydrogen) atoms. The van der Waals surface area contributed by atoms with Crippen LogP contribution in [-0.4, -0.2) is 29.6 Å². The predicted octanol–water partition coefficient (Wildman–Crippen LogP) is 3.21. The van der Waals surface area contributed by atoms with Gasteiger partial charge in [-0.3, -0.25) is 9.59 Å². The number of anilines is 1. The molecular weight excluding hydrogens is 344 g/mol. The first kappa shape index (κ1) is 20.5. The van der Waals surface area contributed by atoms with Crippen LogP contribution in [0.3, 0.4) is 0 Å². The first-order valence-corrected chi connectivity index (χ1v) is 8.89. The van der Waals surface area contributed by atoms with Crippen LogP contribution in [0.15, 0.2) is 48.5 Å². The number of aryl methyl sites for hydroxylation is 1. The van der Waals surface area contributed by atoms with Gasteiger partial charge in [-0.1, -0.05) is 43.7 Å². The summed E-state index contributed by atoms with van der Waals surface area (Å²) < 4.78 is 5.49. The Bertz CT molecular complexity index is 755. The van der Waals surface area contributed by atoms with Gasteiger partial charge in [-0.2, -0.15) is 0 Å². The van der Waals surface area contributed by atoms with E-state index in [-0.39, 0.29) is 18.4 Å². The van der Waals surface area contributed by atoms with Crippen molar-refractivity contribution in [2.45, 2.75) is 33.4 Å². The van der Waals surface area contributed by atoms with Crippen molar-refractivity contribution in [3.8, 4) is 5.75 Å². The molecule has 1 atom stereocenters. The number of carboxylic acids is 1. The molecule has 6 heteroatoms. The molecule has 6 nitrogen and oxygen atoms in total. The number of hydrogen-bond donors (Lipinski definition) is 3. The Morgan fingerprint density at radius 1 is 1.04 bits per heavy atom. The minimum Gasteiger partial charge on any atom is -0.484 e. The van der Waals surface area contributed by atoms with Crippen molar-refractivity contribution in [1.82, 2.24) is 5.32 Å². The average Bonchev–Trinajstić information content (AvgIpc) is 2.62. The highest BCUT2D eigenvalue weighted by Gasteiger charge is 2.20. The van der Waals surface area contributed by atoms with E-state index < -0.39 is 12.0 Å². The van der Waals surface area contributed by atoms with Gasteiger partial charge < -0.3 is 20.5 Å². The lowest BCUT2D eigenvalue weighted by atomic mass is 10.0. The number of amides is 1. The van der Waals surface area contributed by atoms with Gasteiger partial charge in [-0.05, 0) is 42.7 Å². The largest absolute Gasteiger partial charge is 0.484 e. The summed E-state index contributed by atoms with van der Waals surface area (Å²) in [4.78, 5) is 23.1. The van der Waals surface area contributed by atoms with Crippen LogP contribution in [0.25, 0.3) is 0 Å². The number of carbonyl (C=O) groups excluding carboxylic acids is 1. The first-order chi connectivity index (χ1) is 12.8. The Morgan fingerprint density at radius 2 is 1.67 bits per heavy atom. The maximum absolute atomic E-state index is 11.9. The van der Waals surface area contributed by atoms with Crippen LogP contribution >= 0.6 is 0 Å². The van der Waals surface area contributed by atoms with Crippen LogP contribution in [0, 0.1) is 12.8 Å². The summed E-state index contributed by atoms with van der Waals surface area (Å²) in [5.74, 6) is -0.510. The number of rotatable bonds is 9. The summed E-state index contributed by atoms with van der Waals surface area (Å²) in [6, 6.07) is 14.2. The molecule has 2 rings (SSSR count). The molecular formula is C21H26N2O4. The normalized spacial score (nSPS) is 11.9. The van der Waals surface area contributed by atoms with Crippen molar-refractivity contribution in [3.05, 3.63) is 59.7 Å². The predicted molar refractivity (Wildman–Crippen MR) is 105 cm³/mol. The zero-order valence-electron chi connectivity index (χ0n) is 15.9. The summed E-state index contributed by atoms with van der Waals surface area (Å²) in [5, 5.41) is 15.0. The van der Waals surface area contributed by atoms with E-state index >= 15 is 0 Å². The van der Waals surface area contributed by atoms with Crippen LogP contribution in [0.2, 0.25) is 0 Å². The van der Waals surface area contributed by atoms with Crippen molar-refractivity contribution in [1.29, 1.82) is 0 Å². The molecule has 1 unspecified atom stereocenters. The van der Waals surface area contributed by atoms with Gasteiger partial charge in [0.25, 0.3) is 5.91 Å². The molecule has 0 aromatic heterocycles. The average molecular weight is 370 g/mol. The molecule has 2 aromatic rings. The Labute approximate surface area is 159 Å². The van der Waals surface area contributed by atoms with E-state index in [4.69, 9.17) is 4.74 Å². The zero-order valence-corrected chi connectivity index (χ0v) is 15.9.